The van der Waals surface area contributed by atoms with Crippen molar-refractivity contribution >= 4 is 5.91 Å². The third-order valence-electron chi connectivity index (χ3n) is 6.38. The van der Waals surface area contributed by atoms with Crippen LogP contribution >= 0.6 is 0 Å². The van der Waals surface area contributed by atoms with Gasteiger partial charge in [0.1, 0.15) is 5.82 Å². The normalized spacial score (nSPS) is 26.1. The van der Waals surface area contributed by atoms with Gasteiger partial charge in [-0.25, -0.2) is 4.39 Å². The van der Waals surface area contributed by atoms with Gasteiger partial charge in [0.05, 0.1) is 37.9 Å². The standard InChI is InChI=1S/C26H33FN2O4/c27-21-8-6-20(7-9-21)15-29-16-22(30)17-32-18-25-24(29)11-10-23(33-25)14-26(31)28-13-12-19-4-2-1-3-5-19/h1-9,22-25,30H,10-18H2,(H,28,31)/t22-,23+,24-,25+/m0/s1. The maximum atomic E-state index is 13.3. The molecule has 0 bridgehead atoms. The highest BCUT2D eigenvalue weighted by molar-refractivity contribution is 5.76. The summed E-state index contributed by atoms with van der Waals surface area (Å²) in [7, 11) is 0. The van der Waals surface area contributed by atoms with Gasteiger partial charge in [-0.3, -0.25) is 9.69 Å². The molecule has 2 aliphatic rings. The summed E-state index contributed by atoms with van der Waals surface area (Å²) < 4.78 is 25.3. The Balaban J connectivity index is 1.30. The van der Waals surface area contributed by atoms with Crippen LogP contribution < -0.4 is 5.32 Å². The second-order valence-corrected chi connectivity index (χ2v) is 8.98. The van der Waals surface area contributed by atoms with E-state index in [9.17, 15) is 14.3 Å². The fourth-order valence-corrected chi connectivity index (χ4v) is 4.72. The van der Waals surface area contributed by atoms with Crippen molar-refractivity contribution in [2.45, 2.75) is 56.6 Å². The first-order chi connectivity index (χ1) is 16.1. The summed E-state index contributed by atoms with van der Waals surface area (Å²) in [5.41, 5.74) is 2.19. The molecule has 2 saturated heterocycles. The number of carbonyl (C=O) groups is 1. The summed E-state index contributed by atoms with van der Waals surface area (Å²) in [5, 5.41) is 13.3. The van der Waals surface area contributed by atoms with E-state index in [2.05, 4.69) is 22.3 Å². The van der Waals surface area contributed by atoms with Crippen LogP contribution in [-0.2, 0) is 27.2 Å². The van der Waals surface area contributed by atoms with Gasteiger partial charge in [-0.05, 0) is 42.5 Å². The second kappa shape index (κ2) is 11.7. The Labute approximate surface area is 194 Å². The summed E-state index contributed by atoms with van der Waals surface area (Å²) in [5.74, 6) is -0.261. The number of amides is 1. The predicted molar refractivity (Wildman–Crippen MR) is 123 cm³/mol. The monoisotopic (exact) mass is 456 g/mol. The van der Waals surface area contributed by atoms with Crippen molar-refractivity contribution in [3.05, 3.63) is 71.5 Å². The number of aliphatic hydroxyl groups excluding tert-OH is 1. The number of rotatable bonds is 7. The number of β-amino-alcohol motifs (C(OH)–C–C–N with tert-alkyl or cyclic N) is 1. The lowest BCUT2D eigenvalue weighted by Gasteiger charge is -2.44. The predicted octanol–water partition coefficient (Wildman–Crippen LogP) is 2.68. The number of nitrogens with one attached hydrogen (secondary N) is 1. The molecule has 2 fully saturated rings. The lowest BCUT2D eigenvalue weighted by atomic mass is 9.94. The average Bonchev–Trinajstić information content (AvgIpc) is 2.80. The van der Waals surface area contributed by atoms with Crippen LogP contribution in [0.15, 0.2) is 54.6 Å². The first kappa shape index (κ1) is 23.8. The van der Waals surface area contributed by atoms with Crippen molar-refractivity contribution in [1.82, 2.24) is 10.2 Å². The second-order valence-electron chi connectivity index (χ2n) is 8.98. The Morgan fingerprint density at radius 1 is 1.06 bits per heavy atom. The molecule has 33 heavy (non-hydrogen) atoms. The maximum absolute atomic E-state index is 13.3. The van der Waals surface area contributed by atoms with Crippen LogP contribution in [0.4, 0.5) is 4.39 Å². The van der Waals surface area contributed by atoms with E-state index in [0.29, 0.717) is 32.7 Å². The Bertz CT molecular complexity index is 880. The van der Waals surface area contributed by atoms with E-state index in [0.717, 1.165) is 24.8 Å². The number of aliphatic hydroxyl groups is 1. The third-order valence-corrected chi connectivity index (χ3v) is 6.38. The molecular formula is C26H33FN2O4. The highest BCUT2D eigenvalue weighted by Crippen LogP contribution is 2.28. The van der Waals surface area contributed by atoms with Gasteiger partial charge in [0, 0.05) is 25.7 Å². The first-order valence-electron chi connectivity index (χ1n) is 11.8. The lowest BCUT2D eigenvalue weighted by molar-refractivity contribution is -0.158. The highest BCUT2D eigenvalue weighted by atomic mass is 19.1. The van der Waals surface area contributed by atoms with Crippen molar-refractivity contribution in [2.24, 2.45) is 0 Å². The number of hydrogen-bond donors (Lipinski definition) is 2. The fraction of sp³-hybridized carbons (Fsp3) is 0.500. The quantitative estimate of drug-likeness (QED) is 0.671. The number of fused-ring (bicyclic) bond motifs is 1. The van der Waals surface area contributed by atoms with E-state index < -0.39 is 6.10 Å². The number of carbonyl (C=O) groups excluding carboxylic acids is 1. The molecule has 178 valence electrons. The molecule has 0 aliphatic carbocycles. The molecule has 2 aromatic carbocycles. The summed E-state index contributed by atoms with van der Waals surface area (Å²) in [6.45, 7) is 2.30. The van der Waals surface area contributed by atoms with E-state index in [1.807, 2.05) is 18.2 Å². The van der Waals surface area contributed by atoms with Crippen molar-refractivity contribution in [3.63, 3.8) is 0 Å². The molecular weight excluding hydrogens is 423 g/mol. The van der Waals surface area contributed by atoms with Gasteiger partial charge >= 0.3 is 0 Å². The van der Waals surface area contributed by atoms with Gasteiger partial charge in [0.15, 0.2) is 0 Å². The molecule has 0 saturated carbocycles. The van der Waals surface area contributed by atoms with E-state index in [-0.39, 0.29) is 36.6 Å². The van der Waals surface area contributed by atoms with Gasteiger partial charge in [-0.2, -0.15) is 0 Å². The SMILES string of the molecule is O=C(C[C@H]1CC[C@H]2[C@@H](COC[C@@H](O)CN2Cc2ccc(F)cc2)O1)NCCc1ccccc1. The molecule has 0 unspecified atom stereocenters. The minimum Gasteiger partial charge on any atom is -0.389 e. The van der Waals surface area contributed by atoms with Crippen molar-refractivity contribution in [2.75, 3.05) is 26.3 Å². The van der Waals surface area contributed by atoms with Crippen LogP contribution in [0, 0.1) is 5.82 Å². The number of halogens is 1. The Hall–Kier alpha value is -2.32. The van der Waals surface area contributed by atoms with E-state index in [4.69, 9.17) is 9.47 Å². The topological polar surface area (TPSA) is 71.0 Å². The zero-order valence-electron chi connectivity index (χ0n) is 18.9. The molecule has 4 atom stereocenters. The van der Waals surface area contributed by atoms with Crippen LogP contribution in [0.25, 0.3) is 0 Å². The van der Waals surface area contributed by atoms with Crippen LogP contribution in [0.2, 0.25) is 0 Å². The van der Waals surface area contributed by atoms with Crippen LogP contribution in [0.5, 0.6) is 0 Å². The summed E-state index contributed by atoms with van der Waals surface area (Å²) >= 11 is 0. The molecule has 0 radical (unpaired) electrons. The summed E-state index contributed by atoms with van der Waals surface area (Å²) in [6.07, 6.45) is 1.85. The molecule has 2 aromatic rings. The minimum absolute atomic E-state index is 0.000246. The molecule has 6 nitrogen and oxygen atoms in total. The molecule has 2 heterocycles. The fourth-order valence-electron chi connectivity index (χ4n) is 4.72. The van der Waals surface area contributed by atoms with Gasteiger partial charge in [-0.15, -0.1) is 0 Å². The van der Waals surface area contributed by atoms with Crippen molar-refractivity contribution in [1.29, 1.82) is 0 Å². The highest BCUT2D eigenvalue weighted by Gasteiger charge is 2.38. The Morgan fingerprint density at radius 2 is 1.85 bits per heavy atom. The van der Waals surface area contributed by atoms with Gasteiger partial charge < -0.3 is 19.9 Å². The van der Waals surface area contributed by atoms with Gasteiger partial charge in [0.2, 0.25) is 5.91 Å². The first-order valence-corrected chi connectivity index (χ1v) is 11.8. The zero-order valence-corrected chi connectivity index (χ0v) is 18.9. The molecule has 1 amide bonds. The molecule has 2 aliphatic heterocycles. The number of hydrogen-bond acceptors (Lipinski definition) is 5. The van der Waals surface area contributed by atoms with Gasteiger partial charge in [0.25, 0.3) is 0 Å². The molecule has 0 spiro atoms. The summed E-state index contributed by atoms with van der Waals surface area (Å²) in [6, 6.07) is 16.6. The Kier molecular flexibility index (Phi) is 8.45. The van der Waals surface area contributed by atoms with Gasteiger partial charge in [-0.1, -0.05) is 42.5 Å². The zero-order chi connectivity index (χ0) is 23.0. The number of nitrogens with zero attached hydrogens (tertiary/aromatic N) is 1. The third kappa shape index (κ3) is 7.08. The maximum Gasteiger partial charge on any atom is 0.222 e. The lowest BCUT2D eigenvalue weighted by Crippen LogP contribution is -2.55. The van der Waals surface area contributed by atoms with Crippen LogP contribution in [0.3, 0.4) is 0 Å². The summed E-state index contributed by atoms with van der Waals surface area (Å²) in [4.78, 5) is 14.7. The molecule has 4 rings (SSSR count). The van der Waals surface area contributed by atoms with Crippen LogP contribution in [-0.4, -0.2) is 66.6 Å². The molecule has 7 heteroatoms. The minimum atomic E-state index is -0.584. The number of ether oxygens (including phenoxy) is 2. The molecule has 0 aromatic heterocycles. The van der Waals surface area contributed by atoms with E-state index in [1.54, 1.807) is 12.1 Å². The smallest absolute Gasteiger partial charge is 0.222 e. The largest absolute Gasteiger partial charge is 0.389 e. The average molecular weight is 457 g/mol. The Morgan fingerprint density at radius 3 is 2.64 bits per heavy atom. The van der Waals surface area contributed by atoms with Crippen LogP contribution in [0.1, 0.15) is 30.4 Å². The van der Waals surface area contributed by atoms with E-state index >= 15 is 0 Å². The van der Waals surface area contributed by atoms with Crippen molar-refractivity contribution in [3.8, 4) is 0 Å². The molecule has 2 N–H and O–H groups in total. The van der Waals surface area contributed by atoms with Crippen molar-refractivity contribution < 1.29 is 23.8 Å². The number of benzene rings is 2. The van der Waals surface area contributed by atoms with E-state index in [1.165, 1.54) is 17.7 Å².